The smallest absolute Gasteiger partial charge is 0.182 e. The lowest BCUT2D eigenvalue weighted by atomic mass is 9.63. The maximum absolute atomic E-state index is 13.9. The Labute approximate surface area is 194 Å². The van der Waals surface area contributed by atoms with Crippen LogP contribution < -0.4 is 0 Å². The van der Waals surface area contributed by atoms with Crippen LogP contribution in [-0.2, 0) is 12.0 Å². The van der Waals surface area contributed by atoms with Crippen LogP contribution in [0.1, 0.15) is 55.8 Å². The number of halogens is 1. The standard InChI is InChI=1S/C29H28FNO2/c1-19-6-5-7-23(16-19)29(27(32)25-8-3-4-9-26(25)28(29)33)22-12-14-31(15-13-22)18-21-17-24(30)11-10-20(21)2/h3-11,16-17,22H,12-15,18H2,1-2H3. The largest absolute Gasteiger partial charge is 0.299 e. The topological polar surface area (TPSA) is 37.4 Å². The summed E-state index contributed by atoms with van der Waals surface area (Å²) in [5.74, 6) is -0.415. The number of Topliss-reactive ketones (excluding diaryl/α,β-unsaturated/α-hetero) is 2. The molecule has 1 aliphatic heterocycles. The molecule has 1 fully saturated rings. The third-order valence-electron chi connectivity index (χ3n) is 7.51. The van der Waals surface area contributed by atoms with Crippen LogP contribution in [0.4, 0.5) is 4.39 Å². The van der Waals surface area contributed by atoms with E-state index in [4.69, 9.17) is 0 Å². The van der Waals surface area contributed by atoms with Crippen molar-refractivity contribution in [1.82, 2.24) is 4.90 Å². The lowest BCUT2D eigenvalue weighted by Crippen LogP contribution is -2.50. The van der Waals surface area contributed by atoms with Gasteiger partial charge in [-0.05, 0) is 74.5 Å². The summed E-state index contributed by atoms with van der Waals surface area (Å²) in [7, 11) is 0. The highest BCUT2D eigenvalue weighted by atomic mass is 19.1. The van der Waals surface area contributed by atoms with Crippen molar-refractivity contribution in [3.8, 4) is 0 Å². The Balaban J connectivity index is 1.47. The molecule has 0 unspecified atom stereocenters. The Hall–Kier alpha value is -3.11. The molecule has 0 atom stereocenters. The maximum Gasteiger partial charge on any atom is 0.182 e. The van der Waals surface area contributed by atoms with Crippen molar-refractivity contribution in [3.63, 3.8) is 0 Å². The number of rotatable bonds is 4. The summed E-state index contributed by atoms with van der Waals surface area (Å²) < 4.78 is 13.8. The van der Waals surface area contributed by atoms with Gasteiger partial charge in [-0.2, -0.15) is 0 Å². The van der Waals surface area contributed by atoms with Crippen molar-refractivity contribution in [3.05, 3.63) is 106 Å². The Bertz CT molecular complexity index is 1200. The first kappa shape index (κ1) is 21.7. The lowest BCUT2D eigenvalue weighted by Gasteiger charge is -2.41. The summed E-state index contributed by atoms with van der Waals surface area (Å²) in [5.41, 5.74) is 3.85. The summed E-state index contributed by atoms with van der Waals surface area (Å²) in [5, 5.41) is 0. The van der Waals surface area contributed by atoms with Crippen molar-refractivity contribution in [2.75, 3.05) is 13.1 Å². The number of aryl methyl sites for hydroxylation is 2. The van der Waals surface area contributed by atoms with Gasteiger partial charge in [-0.25, -0.2) is 4.39 Å². The van der Waals surface area contributed by atoms with E-state index in [1.807, 2.05) is 56.3 Å². The molecule has 33 heavy (non-hydrogen) atoms. The first-order valence-electron chi connectivity index (χ1n) is 11.6. The third-order valence-corrected chi connectivity index (χ3v) is 7.51. The van der Waals surface area contributed by atoms with E-state index in [2.05, 4.69) is 4.90 Å². The molecular weight excluding hydrogens is 413 g/mol. The van der Waals surface area contributed by atoms with E-state index >= 15 is 0 Å². The zero-order valence-corrected chi connectivity index (χ0v) is 19.1. The van der Waals surface area contributed by atoms with E-state index < -0.39 is 5.41 Å². The lowest BCUT2D eigenvalue weighted by molar-refractivity contribution is 0.0628. The summed E-state index contributed by atoms with van der Waals surface area (Å²) >= 11 is 0. The Kier molecular flexibility index (Phi) is 5.49. The molecule has 0 radical (unpaired) electrons. The number of carbonyl (C=O) groups excluding carboxylic acids is 2. The molecule has 1 aliphatic carbocycles. The minimum Gasteiger partial charge on any atom is -0.299 e. The second-order valence-corrected chi connectivity index (χ2v) is 9.50. The number of ketones is 2. The van der Waals surface area contributed by atoms with Crippen molar-refractivity contribution >= 4 is 11.6 Å². The maximum atomic E-state index is 13.9. The fraction of sp³-hybridized carbons (Fsp3) is 0.310. The number of piperidine rings is 1. The predicted molar refractivity (Wildman–Crippen MR) is 127 cm³/mol. The highest BCUT2D eigenvalue weighted by Gasteiger charge is 2.58. The van der Waals surface area contributed by atoms with Gasteiger partial charge < -0.3 is 0 Å². The second-order valence-electron chi connectivity index (χ2n) is 9.50. The van der Waals surface area contributed by atoms with E-state index in [-0.39, 0.29) is 23.3 Å². The van der Waals surface area contributed by atoms with E-state index in [9.17, 15) is 14.0 Å². The van der Waals surface area contributed by atoms with Crippen LogP contribution in [0.25, 0.3) is 0 Å². The van der Waals surface area contributed by atoms with Gasteiger partial charge in [0, 0.05) is 17.7 Å². The van der Waals surface area contributed by atoms with Crippen molar-refractivity contribution in [1.29, 1.82) is 0 Å². The first-order chi connectivity index (χ1) is 15.9. The zero-order chi connectivity index (χ0) is 23.2. The van der Waals surface area contributed by atoms with Gasteiger partial charge in [-0.15, -0.1) is 0 Å². The monoisotopic (exact) mass is 441 g/mol. The highest BCUT2D eigenvalue weighted by Crippen LogP contribution is 2.48. The average Bonchev–Trinajstić information content (AvgIpc) is 3.05. The SMILES string of the molecule is Cc1cccc(C2(C3CCN(Cc4cc(F)ccc4C)CC3)C(=O)c3ccccc3C2=O)c1. The summed E-state index contributed by atoms with van der Waals surface area (Å²) in [6.07, 6.45) is 1.49. The Morgan fingerprint density at radius 1 is 0.879 bits per heavy atom. The summed E-state index contributed by atoms with van der Waals surface area (Å²) in [6, 6.07) is 20.0. The number of likely N-dealkylation sites (tertiary alicyclic amines) is 1. The fourth-order valence-corrected chi connectivity index (χ4v) is 5.74. The van der Waals surface area contributed by atoms with Crippen LogP contribution in [0, 0.1) is 25.6 Å². The van der Waals surface area contributed by atoms with Crippen LogP contribution in [0.5, 0.6) is 0 Å². The van der Waals surface area contributed by atoms with E-state index in [1.165, 1.54) is 6.07 Å². The highest BCUT2D eigenvalue weighted by molar-refractivity contribution is 6.33. The Morgan fingerprint density at radius 3 is 2.18 bits per heavy atom. The van der Waals surface area contributed by atoms with Crippen LogP contribution in [0.15, 0.2) is 66.7 Å². The van der Waals surface area contributed by atoms with Gasteiger partial charge in [0.25, 0.3) is 0 Å². The van der Waals surface area contributed by atoms with Crippen LogP contribution in [0.3, 0.4) is 0 Å². The van der Waals surface area contributed by atoms with Gasteiger partial charge in [0.1, 0.15) is 11.2 Å². The predicted octanol–water partition coefficient (Wildman–Crippen LogP) is 5.67. The molecule has 2 aliphatic rings. The molecule has 0 saturated carbocycles. The van der Waals surface area contributed by atoms with Crippen molar-refractivity contribution in [2.24, 2.45) is 5.92 Å². The number of fused-ring (bicyclic) bond motifs is 1. The van der Waals surface area contributed by atoms with Crippen LogP contribution in [-0.4, -0.2) is 29.6 Å². The zero-order valence-electron chi connectivity index (χ0n) is 19.1. The molecule has 3 nitrogen and oxygen atoms in total. The third kappa shape index (κ3) is 3.53. The van der Waals surface area contributed by atoms with Crippen LogP contribution in [0.2, 0.25) is 0 Å². The van der Waals surface area contributed by atoms with Crippen LogP contribution >= 0.6 is 0 Å². The summed E-state index contributed by atoms with van der Waals surface area (Å²) in [6.45, 7) is 6.21. The van der Waals surface area contributed by atoms with E-state index in [1.54, 1.807) is 18.2 Å². The molecule has 4 heteroatoms. The molecule has 168 valence electrons. The number of benzene rings is 3. The molecular formula is C29H28FNO2. The van der Waals surface area contributed by atoms with Gasteiger partial charge in [0.15, 0.2) is 11.6 Å². The number of hydrogen-bond acceptors (Lipinski definition) is 3. The summed E-state index contributed by atoms with van der Waals surface area (Å²) in [4.78, 5) is 30.1. The molecule has 0 amide bonds. The van der Waals surface area contributed by atoms with Gasteiger partial charge in [-0.3, -0.25) is 14.5 Å². The molecule has 0 bridgehead atoms. The molecule has 5 rings (SSSR count). The van der Waals surface area contributed by atoms with Crippen molar-refractivity contribution in [2.45, 2.75) is 38.6 Å². The number of carbonyl (C=O) groups is 2. The molecule has 0 spiro atoms. The minimum atomic E-state index is -1.16. The molecule has 3 aromatic rings. The normalized spacial score (nSPS) is 18.5. The second kappa shape index (κ2) is 8.35. The van der Waals surface area contributed by atoms with Gasteiger partial charge in [0.05, 0.1) is 0 Å². The fourth-order valence-electron chi connectivity index (χ4n) is 5.74. The number of nitrogens with zero attached hydrogens (tertiary/aromatic N) is 1. The quantitative estimate of drug-likeness (QED) is 0.490. The molecule has 1 saturated heterocycles. The molecule has 1 heterocycles. The number of hydrogen-bond donors (Lipinski definition) is 0. The Morgan fingerprint density at radius 2 is 1.55 bits per heavy atom. The first-order valence-corrected chi connectivity index (χ1v) is 11.6. The van der Waals surface area contributed by atoms with Gasteiger partial charge in [0.2, 0.25) is 0 Å². The van der Waals surface area contributed by atoms with Crippen molar-refractivity contribution < 1.29 is 14.0 Å². The van der Waals surface area contributed by atoms with Gasteiger partial charge >= 0.3 is 0 Å². The van der Waals surface area contributed by atoms with E-state index in [0.717, 1.165) is 48.2 Å². The molecule has 0 N–H and O–H groups in total. The molecule has 0 aromatic heterocycles. The molecule has 3 aromatic carbocycles. The average molecular weight is 442 g/mol. The van der Waals surface area contributed by atoms with Gasteiger partial charge in [-0.1, -0.05) is 60.2 Å². The van der Waals surface area contributed by atoms with E-state index in [0.29, 0.717) is 17.7 Å². The minimum absolute atomic E-state index is 0.0619.